The van der Waals surface area contributed by atoms with Crippen molar-refractivity contribution >= 4 is 35.0 Å². The van der Waals surface area contributed by atoms with Crippen LogP contribution in [0.2, 0.25) is 10.0 Å². The number of amides is 2. The maximum atomic E-state index is 12.9. The monoisotopic (exact) mass is 406 g/mol. The molecule has 6 heteroatoms. The lowest BCUT2D eigenvalue weighted by Gasteiger charge is -2.29. The van der Waals surface area contributed by atoms with E-state index in [-0.39, 0.29) is 18.4 Å². The lowest BCUT2D eigenvalue weighted by atomic mass is 10.1. The number of aryl methyl sites for hydroxylation is 2. The number of hydrogen-bond acceptors (Lipinski definition) is 2. The van der Waals surface area contributed by atoms with Crippen LogP contribution >= 0.6 is 23.2 Å². The molecule has 0 spiro atoms. The molecule has 0 fully saturated rings. The number of halogens is 2. The van der Waals surface area contributed by atoms with E-state index in [0.717, 1.165) is 5.56 Å². The molecule has 0 aliphatic carbocycles. The van der Waals surface area contributed by atoms with E-state index < -0.39 is 6.04 Å². The summed E-state index contributed by atoms with van der Waals surface area (Å²) in [6.45, 7) is 3.90. The largest absolute Gasteiger partial charge is 0.357 e. The number of rotatable bonds is 7. The van der Waals surface area contributed by atoms with E-state index in [9.17, 15) is 9.59 Å². The molecule has 144 valence electrons. The number of carbonyl (C=O) groups is 2. The fourth-order valence-corrected chi connectivity index (χ4v) is 3.31. The van der Waals surface area contributed by atoms with Gasteiger partial charge in [-0.15, -0.1) is 0 Å². The predicted octanol–water partition coefficient (Wildman–Crippen LogP) is 4.40. The summed E-state index contributed by atoms with van der Waals surface area (Å²) >= 11 is 12.5. The van der Waals surface area contributed by atoms with Crippen molar-refractivity contribution in [1.29, 1.82) is 0 Å². The Balaban J connectivity index is 2.19. The summed E-state index contributed by atoms with van der Waals surface area (Å²) in [4.78, 5) is 26.6. The molecule has 2 amide bonds. The van der Waals surface area contributed by atoms with Gasteiger partial charge in [0, 0.05) is 35.6 Å². The Bertz CT molecular complexity index is 786. The van der Waals surface area contributed by atoms with Gasteiger partial charge in [0.2, 0.25) is 11.8 Å². The van der Waals surface area contributed by atoms with Crippen molar-refractivity contribution in [1.82, 2.24) is 10.2 Å². The zero-order chi connectivity index (χ0) is 20.0. The van der Waals surface area contributed by atoms with E-state index in [1.165, 1.54) is 10.5 Å². The van der Waals surface area contributed by atoms with Crippen molar-refractivity contribution < 1.29 is 9.59 Å². The summed E-state index contributed by atoms with van der Waals surface area (Å²) in [6.07, 6.45) is 0.902. The predicted molar refractivity (Wildman–Crippen MR) is 110 cm³/mol. The van der Waals surface area contributed by atoms with Crippen LogP contribution in [0.1, 0.15) is 30.0 Å². The number of hydrogen-bond donors (Lipinski definition) is 1. The number of nitrogens with one attached hydrogen (secondary N) is 1. The number of likely N-dealkylation sites (N-methyl/N-ethyl adjacent to an activating group) is 1. The molecule has 1 N–H and O–H groups in total. The van der Waals surface area contributed by atoms with Crippen molar-refractivity contribution in [3.05, 3.63) is 69.2 Å². The molecule has 2 aromatic carbocycles. The first-order valence-corrected chi connectivity index (χ1v) is 9.58. The van der Waals surface area contributed by atoms with Gasteiger partial charge < -0.3 is 10.2 Å². The summed E-state index contributed by atoms with van der Waals surface area (Å²) < 4.78 is 0. The first-order valence-electron chi connectivity index (χ1n) is 8.83. The van der Waals surface area contributed by atoms with Gasteiger partial charge in [-0.2, -0.15) is 0 Å². The average molecular weight is 407 g/mol. The first kappa shape index (κ1) is 21.3. The molecular formula is C21H24Cl2N2O2. The summed E-state index contributed by atoms with van der Waals surface area (Å²) in [5, 5.41) is 3.55. The Morgan fingerprint density at radius 3 is 2.22 bits per heavy atom. The standard InChI is InChI=1S/C21H24Cl2N2O2/c1-14-7-9-16(10-8-14)11-12-20(26)25(15(2)21(27)24-3)13-17-18(22)5-4-6-19(17)23/h4-10,15H,11-13H2,1-3H3,(H,24,27). The highest BCUT2D eigenvalue weighted by Crippen LogP contribution is 2.27. The second-order valence-electron chi connectivity index (χ2n) is 6.50. The van der Waals surface area contributed by atoms with Gasteiger partial charge in [0.05, 0.1) is 0 Å². The molecule has 0 saturated carbocycles. The highest BCUT2D eigenvalue weighted by Gasteiger charge is 2.26. The third-order valence-corrected chi connectivity index (χ3v) is 5.26. The van der Waals surface area contributed by atoms with Gasteiger partial charge in [-0.3, -0.25) is 9.59 Å². The number of carbonyl (C=O) groups excluding carboxylic acids is 2. The van der Waals surface area contributed by atoms with E-state index in [1.807, 2.05) is 31.2 Å². The molecular weight excluding hydrogens is 383 g/mol. The summed E-state index contributed by atoms with van der Waals surface area (Å²) in [7, 11) is 1.55. The lowest BCUT2D eigenvalue weighted by molar-refractivity contribution is -0.140. The minimum Gasteiger partial charge on any atom is -0.357 e. The minimum absolute atomic E-state index is 0.123. The fourth-order valence-electron chi connectivity index (χ4n) is 2.79. The second-order valence-corrected chi connectivity index (χ2v) is 7.31. The second kappa shape index (κ2) is 9.77. The molecule has 0 heterocycles. The van der Waals surface area contributed by atoms with Crippen LogP contribution < -0.4 is 5.32 Å². The Hall–Kier alpha value is -2.04. The summed E-state index contributed by atoms with van der Waals surface area (Å²) in [5.74, 6) is -0.357. The zero-order valence-corrected chi connectivity index (χ0v) is 17.3. The fraction of sp³-hybridized carbons (Fsp3) is 0.333. The highest BCUT2D eigenvalue weighted by molar-refractivity contribution is 6.36. The third kappa shape index (κ3) is 5.72. The number of nitrogens with zero attached hydrogens (tertiary/aromatic N) is 1. The van der Waals surface area contributed by atoms with E-state index in [2.05, 4.69) is 5.32 Å². The van der Waals surface area contributed by atoms with Crippen LogP contribution in [0.15, 0.2) is 42.5 Å². The average Bonchev–Trinajstić information content (AvgIpc) is 2.66. The van der Waals surface area contributed by atoms with E-state index in [1.54, 1.807) is 32.2 Å². The lowest BCUT2D eigenvalue weighted by Crippen LogP contribution is -2.46. The van der Waals surface area contributed by atoms with Crippen LogP contribution in [0.25, 0.3) is 0 Å². The van der Waals surface area contributed by atoms with Gasteiger partial charge in [0.15, 0.2) is 0 Å². The van der Waals surface area contributed by atoms with Gasteiger partial charge in [-0.25, -0.2) is 0 Å². The van der Waals surface area contributed by atoms with Crippen LogP contribution in [-0.4, -0.2) is 29.8 Å². The van der Waals surface area contributed by atoms with Crippen LogP contribution in [-0.2, 0) is 22.6 Å². The molecule has 0 saturated heterocycles. The molecule has 4 nitrogen and oxygen atoms in total. The summed E-state index contributed by atoms with van der Waals surface area (Å²) in [6, 6.07) is 12.6. The molecule has 0 aliphatic heterocycles. The van der Waals surface area contributed by atoms with Crippen molar-refractivity contribution in [2.45, 2.75) is 39.3 Å². The quantitative estimate of drug-likeness (QED) is 0.740. The molecule has 2 aromatic rings. The Morgan fingerprint density at radius 1 is 1.07 bits per heavy atom. The molecule has 2 rings (SSSR count). The van der Waals surface area contributed by atoms with Crippen LogP contribution in [0.3, 0.4) is 0 Å². The topological polar surface area (TPSA) is 49.4 Å². The maximum Gasteiger partial charge on any atom is 0.242 e. The Morgan fingerprint density at radius 2 is 1.67 bits per heavy atom. The van der Waals surface area contributed by atoms with E-state index in [0.29, 0.717) is 28.5 Å². The van der Waals surface area contributed by atoms with Crippen LogP contribution in [0, 0.1) is 6.92 Å². The van der Waals surface area contributed by atoms with Gasteiger partial charge >= 0.3 is 0 Å². The van der Waals surface area contributed by atoms with Gasteiger partial charge in [-0.1, -0.05) is 59.1 Å². The van der Waals surface area contributed by atoms with Crippen LogP contribution in [0.4, 0.5) is 0 Å². The van der Waals surface area contributed by atoms with Crippen LogP contribution in [0.5, 0.6) is 0 Å². The Labute approximate surface area is 170 Å². The van der Waals surface area contributed by atoms with E-state index in [4.69, 9.17) is 23.2 Å². The zero-order valence-electron chi connectivity index (χ0n) is 15.8. The van der Waals surface area contributed by atoms with Gasteiger partial charge in [-0.05, 0) is 38.0 Å². The molecule has 1 unspecified atom stereocenters. The minimum atomic E-state index is -0.632. The smallest absolute Gasteiger partial charge is 0.242 e. The van der Waals surface area contributed by atoms with Crippen molar-refractivity contribution in [2.24, 2.45) is 0 Å². The molecule has 1 atom stereocenters. The number of benzene rings is 2. The van der Waals surface area contributed by atoms with E-state index >= 15 is 0 Å². The highest BCUT2D eigenvalue weighted by atomic mass is 35.5. The van der Waals surface area contributed by atoms with Crippen molar-refractivity contribution in [2.75, 3.05) is 7.05 Å². The third-order valence-electron chi connectivity index (χ3n) is 4.55. The molecule has 0 aliphatic rings. The Kier molecular flexibility index (Phi) is 7.69. The molecule has 27 heavy (non-hydrogen) atoms. The first-order chi connectivity index (χ1) is 12.8. The molecule has 0 bridgehead atoms. The molecule has 0 radical (unpaired) electrons. The molecule has 0 aromatic heterocycles. The normalized spacial score (nSPS) is 11.7. The van der Waals surface area contributed by atoms with Gasteiger partial charge in [0.25, 0.3) is 0 Å². The van der Waals surface area contributed by atoms with Crippen molar-refractivity contribution in [3.8, 4) is 0 Å². The van der Waals surface area contributed by atoms with Crippen molar-refractivity contribution in [3.63, 3.8) is 0 Å². The summed E-state index contributed by atoms with van der Waals surface area (Å²) in [5.41, 5.74) is 2.89. The van der Waals surface area contributed by atoms with Gasteiger partial charge in [0.1, 0.15) is 6.04 Å². The maximum absolute atomic E-state index is 12.9. The SMILES string of the molecule is CNC(=O)C(C)N(Cc1c(Cl)cccc1Cl)C(=O)CCc1ccc(C)cc1.